The Bertz CT molecular complexity index is 759. The van der Waals surface area contributed by atoms with Gasteiger partial charge in [0.05, 0.1) is 13.2 Å². The van der Waals surface area contributed by atoms with Crippen LogP contribution >= 0.6 is 11.8 Å². The minimum absolute atomic E-state index is 0.0832. The number of nitrogens with zero attached hydrogens (tertiary/aromatic N) is 1. The highest BCUT2D eigenvalue weighted by molar-refractivity contribution is 7.98. The first-order valence-electron chi connectivity index (χ1n) is 9.37. The summed E-state index contributed by atoms with van der Waals surface area (Å²) in [5.41, 5.74) is -1.09. The van der Waals surface area contributed by atoms with Crippen molar-refractivity contribution in [1.82, 2.24) is 9.55 Å². The van der Waals surface area contributed by atoms with Crippen molar-refractivity contribution in [2.45, 2.75) is 63.4 Å². The van der Waals surface area contributed by atoms with Crippen LogP contribution in [0.2, 0.25) is 18.1 Å². The van der Waals surface area contributed by atoms with Gasteiger partial charge in [0, 0.05) is 18.0 Å². The van der Waals surface area contributed by atoms with E-state index in [0.29, 0.717) is 6.61 Å². The molecule has 4 atom stereocenters. The SMILES string of the molecule is CSCCOC[C@H]1O[C@@H](n2ccc(=O)[nH]c2=O)[C@@H](O[Si](C)(C)C(C)(C)C)C1O. The second kappa shape index (κ2) is 9.27. The van der Waals surface area contributed by atoms with Gasteiger partial charge in [0.25, 0.3) is 5.56 Å². The van der Waals surface area contributed by atoms with Gasteiger partial charge in [0.15, 0.2) is 14.5 Å². The summed E-state index contributed by atoms with van der Waals surface area (Å²) >= 11 is 1.67. The normalized spacial score (nSPS) is 26.0. The van der Waals surface area contributed by atoms with Crippen molar-refractivity contribution in [3.8, 4) is 0 Å². The Hall–Kier alpha value is -0.913. The zero-order valence-corrected chi connectivity index (χ0v) is 19.2. The molecule has 2 heterocycles. The van der Waals surface area contributed by atoms with E-state index in [1.165, 1.54) is 16.8 Å². The summed E-state index contributed by atoms with van der Waals surface area (Å²) in [6.45, 7) is 11.2. The predicted molar refractivity (Wildman–Crippen MR) is 113 cm³/mol. The van der Waals surface area contributed by atoms with Crippen LogP contribution in [0.1, 0.15) is 27.0 Å². The highest BCUT2D eigenvalue weighted by Crippen LogP contribution is 2.41. The third-order valence-electron chi connectivity index (χ3n) is 5.39. The van der Waals surface area contributed by atoms with Crippen molar-refractivity contribution in [3.63, 3.8) is 0 Å². The highest BCUT2D eigenvalue weighted by Gasteiger charge is 2.50. The molecule has 1 fully saturated rings. The molecule has 1 aliphatic heterocycles. The second-order valence-electron chi connectivity index (χ2n) is 8.48. The Morgan fingerprint density at radius 1 is 1.36 bits per heavy atom. The molecular formula is C18H32N2O6SSi. The second-order valence-corrected chi connectivity index (χ2v) is 14.2. The lowest BCUT2D eigenvalue weighted by molar-refractivity contribution is -0.0657. The zero-order valence-electron chi connectivity index (χ0n) is 17.4. The molecule has 160 valence electrons. The van der Waals surface area contributed by atoms with E-state index in [4.69, 9.17) is 13.9 Å². The van der Waals surface area contributed by atoms with Gasteiger partial charge in [-0.3, -0.25) is 14.3 Å². The fourth-order valence-corrected chi connectivity index (χ4v) is 4.27. The van der Waals surface area contributed by atoms with Gasteiger partial charge >= 0.3 is 5.69 Å². The van der Waals surface area contributed by atoms with E-state index in [1.807, 2.05) is 6.26 Å². The molecule has 1 aromatic heterocycles. The van der Waals surface area contributed by atoms with Crippen LogP contribution in [0, 0.1) is 0 Å². The maximum atomic E-state index is 12.3. The Morgan fingerprint density at radius 3 is 2.61 bits per heavy atom. The number of aliphatic hydroxyl groups excluding tert-OH is 1. The molecule has 1 unspecified atom stereocenters. The van der Waals surface area contributed by atoms with Crippen LogP contribution in [-0.4, -0.2) is 66.5 Å². The summed E-state index contributed by atoms with van der Waals surface area (Å²) in [5, 5.41) is 10.8. The maximum absolute atomic E-state index is 12.3. The molecular weight excluding hydrogens is 400 g/mol. The topological polar surface area (TPSA) is 103 Å². The molecule has 8 nitrogen and oxygen atoms in total. The van der Waals surface area contributed by atoms with Crippen LogP contribution in [0.15, 0.2) is 21.9 Å². The molecule has 0 aromatic carbocycles. The van der Waals surface area contributed by atoms with Crippen molar-refractivity contribution < 1.29 is 19.0 Å². The number of nitrogens with one attached hydrogen (secondary N) is 1. The number of aliphatic hydroxyl groups is 1. The predicted octanol–water partition coefficient (Wildman–Crippen LogP) is 1.56. The molecule has 28 heavy (non-hydrogen) atoms. The Labute approximate surface area is 170 Å². The summed E-state index contributed by atoms with van der Waals surface area (Å²) in [7, 11) is -2.26. The van der Waals surface area contributed by atoms with Crippen LogP contribution in [0.5, 0.6) is 0 Å². The first kappa shape index (κ1) is 23.4. The number of H-pyrrole nitrogens is 1. The average molecular weight is 433 g/mol. The smallest absolute Gasteiger partial charge is 0.330 e. The van der Waals surface area contributed by atoms with Gasteiger partial charge in [-0.25, -0.2) is 4.79 Å². The van der Waals surface area contributed by atoms with Crippen LogP contribution in [0.25, 0.3) is 0 Å². The highest BCUT2D eigenvalue weighted by atomic mass is 32.2. The van der Waals surface area contributed by atoms with Crippen LogP contribution < -0.4 is 11.2 Å². The minimum Gasteiger partial charge on any atom is -0.407 e. The van der Waals surface area contributed by atoms with Crippen LogP contribution in [0.3, 0.4) is 0 Å². The lowest BCUT2D eigenvalue weighted by Crippen LogP contribution is -2.49. The Balaban J connectivity index is 2.30. The maximum Gasteiger partial charge on any atom is 0.330 e. The fourth-order valence-electron chi connectivity index (χ4n) is 2.69. The largest absolute Gasteiger partial charge is 0.407 e. The number of rotatable bonds is 8. The van der Waals surface area contributed by atoms with Gasteiger partial charge in [-0.1, -0.05) is 20.8 Å². The Morgan fingerprint density at radius 2 is 2.04 bits per heavy atom. The molecule has 0 aliphatic carbocycles. The van der Waals surface area contributed by atoms with Gasteiger partial charge in [-0.05, 0) is 24.4 Å². The molecule has 1 aliphatic rings. The summed E-state index contributed by atoms with van der Waals surface area (Å²) in [6, 6.07) is 1.25. The molecule has 0 radical (unpaired) electrons. The van der Waals surface area contributed by atoms with E-state index in [-0.39, 0.29) is 11.6 Å². The quantitative estimate of drug-likeness (QED) is 0.475. The van der Waals surface area contributed by atoms with E-state index >= 15 is 0 Å². The lowest BCUT2D eigenvalue weighted by Gasteiger charge is -2.40. The van der Waals surface area contributed by atoms with Gasteiger partial charge in [-0.2, -0.15) is 11.8 Å². The average Bonchev–Trinajstić information content (AvgIpc) is 2.87. The molecule has 0 amide bonds. The summed E-state index contributed by atoms with van der Waals surface area (Å²) in [6.07, 6.45) is 0.206. The van der Waals surface area contributed by atoms with E-state index in [9.17, 15) is 14.7 Å². The molecule has 1 aromatic rings. The summed E-state index contributed by atoms with van der Waals surface area (Å²) in [5.74, 6) is 0.843. The number of hydrogen-bond donors (Lipinski definition) is 2. The third-order valence-corrected chi connectivity index (χ3v) is 10.4. The third kappa shape index (κ3) is 5.36. The van der Waals surface area contributed by atoms with Crippen LogP contribution in [-0.2, 0) is 13.9 Å². The van der Waals surface area contributed by atoms with E-state index < -0.39 is 44.1 Å². The van der Waals surface area contributed by atoms with E-state index in [0.717, 1.165) is 5.75 Å². The molecule has 0 bridgehead atoms. The van der Waals surface area contributed by atoms with Crippen LogP contribution in [0.4, 0.5) is 0 Å². The zero-order chi connectivity index (χ0) is 21.1. The fraction of sp³-hybridized carbons (Fsp3) is 0.778. The van der Waals surface area contributed by atoms with Crippen molar-refractivity contribution >= 4 is 20.1 Å². The van der Waals surface area contributed by atoms with E-state index in [1.54, 1.807) is 11.8 Å². The molecule has 2 rings (SSSR count). The molecule has 0 spiro atoms. The number of thioether (sulfide) groups is 1. The molecule has 2 N–H and O–H groups in total. The monoisotopic (exact) mass is 432 g/mol. The first-order chi connectivity index (χ1) is 13.0. The Kier molecular flexibility index (Phi) is 7.74. The van der Waals surface area contributed by atoms with Crippen molar-refractivity contribution in [2.75, 3.05) is 25.2 Å². The summed E-state index contributed by atoms with van der Waals surface area (Å²) in [4.78, 5) is 26.0. The van der Waals surface area contributed by atoms with Crippen molar-refractivity contribution in [2.24, 2.45) is 0 Å². The summed E-state index contributed by atoms with van der Waals surface area (Å²) < 4.78 is 19.3. The van der Waals surface area contributed by atoms with Crippen molar-refractivity contribution in [1.29, 1.82) is 0 Å². The molecule has 10 heteroatoms. The minimum atomic E-state index is -2.26. The van der Waals surface area contributed by atoms with Crippen molar-refractivity contribution in [3.05, 3.63) is 33.1 Å². The molecule has 1 saturated heterocycles. The number of hydrogen-bond acceptors (Lipinski definition) is 7. The van der Waals surface area contributed by atoms with E-state index in [2.05, 4.69) is 38.8 Å². The molecule has 0 saturated carbocycles. The van der Waals surface area contributed by atoms with Gasteiger partial charge in [0.2, 0.25) is 0 Å². The van der Waals surface area contributed by atoms with Gasteiger partial charge < -0.3 is 19.0 Å². The van der Waals surface area contributed by atoms with Gasteiger partial charge in [-0.15, -0.1) is 0 Å². The number of aromatic amines is 1. The standard InChI is InChI=1S/C18H32N2O6SSi/c1-18(2,3)28(5,6)26-15-14(22)12(11-24-9-10-27-4)25-16(15)20-8-7-13(21)19-17(20)23/h7-8,12,14-16,22H,9-11H2,1-6H3,(H,19,21,23)/t12-,14?,15+,16-/m1/s1. The lowest BCUT2D eigenvalue weighted by atomic mass is 10.1. The number of ether oxygens (including phenoxy) is 2. The van der Waals surface area contributed by atoms with Gasteiger partial charge in [0.1, 0.15) is 18.3 Å². The first-order valence-corrected chi connectivity index (χ1v) is 13.7. The number of aromatic nitrogens is 2.